The zero-order valence-electron chi connectivity index (χ0n) is 15.5. The first-order valence-electron chi connectivity index (χ1n) is 9.45. The SMILES string of the molecule is Cc1cn([C@H]2C=C[C@@H](Oc3ccc(F)c4c3CNCC4)C2)c2ncnc(Cl)c12. The highest BCUT2D eigenvalue weighted by molar-refractivity contribution is 6.34. The largest absolute Gasteiger partial charge is 0.486 e. The van der Waals surface area contributed by atoms with Crippen LogP contribution in [0, 0.1) is 12.7 Å². The van der Waals surface area contributed by atoms with Crippen molar-refractivity contribution in [1.29, 1.82) is 0 Å². The van der Waals surface area contributed by atoms with Crippen LogP contribution < -0.4 is 10.1 Å². The lowest BCUT2D eigenvalue weighted by Gasteiger charge is -2.23. The Balaban J connectivity index is 1.40. The number of benzene rings is 1. The number of rotatable bonds is 3. The Morgan fingerprint density at radius 2 is 2.14 bits per heavy atom. The van der Waals surface area contributed by atoms with E-state index in [9.17, 15) is 4.39 Å². The molecule has 28 heavy (non-hydrogen) atoms. The van der Waals surface area contributed by atoms with Crippen molar-refractivity contribution < 1.29 is 9.13 Å². The molecule has 0 saturated heterocycles. The number of aromatic nitrogens is 3. The van der Waals surface area contributed by atoms with Crippen molar-refractivity contribution in [1.82, 2.24) is 19.9 Å². The summed E-state index contributed by atoms with van der Waals surface area (Å²) in [4.78, 5) is 8.52. The number of hydrogen-bond acceptors (Lipinski definition) is 4. The molecule has 1 aromatic carbocycles. The average Bonchev–Trinajstić information content (AvgIpc) is 3.29. The van der Waals surface area contributed by atoms with Gasteiger partial charge < -0.3 is 14.6 Å². The van der Waals surface area contributed by atoms with Crippen LogP contribution in [0.4, 0.5) is 4.39 Å². The summed E-state index contributed by atoms with van der Waals surface area (Å²) in [5.41, 5.74) is 3.59. The van der Waals surface area contributed by atoms with Crippen LogP contribution in [0.2, 0.25) is 5.15 Å². The number of aryl methyl sites for hydroxylation is 1. The molecule has 7 heteroatoms. The van der Waals surface area contributed by atoms with E-state index in [0.717, 1.165) is 46.4 Å². The van der Waals surface area contributed by atoms with Crippen molar-refractivity contribution in [2.75, 3.05) is 6.54 Å². The first-order chi connectivity index (χ1) is 13.6. The summed E-state index contributed by atoms with van der Waals surface area (Å²) in [5.74, 6) is 0.618. The van der Waals surface area contributed by atoms with E-state index in [1.807, 2.05) is 6.92 Å². The summed E-state index contributed by atoms with van der Waals surface area (Å²) in [6.07, 6.45) is 9.16. The number of ether oxygens (including phenoxy) is 1. The van der Waals surface area contributed by atoms with Gasteiger partial charge in [-0.3, -0.25) is 0 Å². The third kappa shape index (κ3) is 2.88. The van der Waals surface area contributed by atoms with E-state index in [4.69, 9.17) is 16.3 Å². The lowest BCUT2D eigenvalue weighted by molar-refractivity contribution is 0.232. The fourth-order valence-corrected chi connectivity index (χ4v) is 4.50. The highest BCUT2D eigenvalue weighted by atomic mass is 35.5. The Morgan fingerprint density at radius 1 is 1.25 bits per heavy atom. The molecule has 2 atom stereocenters. The van der Waals surface area contributed by atoms with Gasteiger partial charge in [0.2, 0.25) is 0 Å². The summed E-state index contributed by atoms with van der Waals surface area (Å²) in [6.45, 7) is 3.45. The van der Waals surface area contributed by atoms with Gasteiger partial charge in [0.1, 0.15) is 34.8 Å². The minimum atomic E-state index is -0.144. The van der Waals surface area contributed by atoms with Crippen LogP contribution in [0.1, 0.15) is 29.2 Å². The van der Waals surface area contributed by atoms with Gasteiger partial charge in [-0.1, -0.05) is 17.7 Å². The van der Waals surface area contributed by atoms with Crippen LogP contribution in [0.25, 0.3) is 11.0 Å². The summed E-state index contributed by atoms with van der Waals surface area (Å²) in [5, 5.41) is 4.66. The number of halogens is 2. The lowest BCUT2D eigenvalue weighted by Crippen LogP contribution is -2.26. The highest BCUT2D eigenvalue weighted by Crippen LogP contribution is 2.35. The van der Waals surface area contributed by atoms with Gasteiger partial charge in [0.05, 0.1) is 11.4 Å². The van der Waals surface area contributed by atoms with E-state index < -0.39 is 0 Å². The molecule has 1 aliphatic carbocycles. The molecule has 0 radical (unpaired) electrons. The topological polar surface area (TPSA) is 52.0 Å². The number of fused-ring (bicyclic) bond motifs is 2. The summed E-state index contributed by atoms with van der Waals surface area (Å²) in [6, 6.07) is 3.38. The van der Waals surface area contributed by atoms with Crippen molar-refractivity contribution in [3.63, 3.8) is 0 Å². The van der Waals surface area contributed by atoms with Crippen molar-refractivity contribution in [2.45, 2.75) is 38.5 Å². The Labute approximate surface area is 167 Å². The Hall–Kier alpha value is -2.44. The normalized spacial score (nSPS) is 21.2. The molecule has 0 unspecified atom stereocenters. The van der Waals surface area contributed by atoms with Crippen LogP contribution in [0.3, 0.4) is 0 Å². The van der Waals surface area contributed by atoms with Gasteiger partial charge >= 0.3 is 0 Å². The first kappa shape index (κ1) is 17.6. The average molecular weight is 399 g/mol. The van der Waals surface area contributed by atoms with Crippen molar-refractivity contribution in [3.05, 3.63) is 64.5 Å². The van der Waals surface area contributed by atoms with Crippen molar-refractivity contribution in [3.8, 4) is 5.75 Å². The van der Waals surface area contributed by atoms with E-state index in [0.29, 0.717) is 18.1 Å². The van der Waals surface area contributed by atoms with Crippen molar-refractivity contribution in [2.24, 2.45) is 0 Å². The van der Waals surface area contributed by atoms with Gasteiger partial charge in [0.25, 0.3) is 0 Å². The zero-order valence-corrected chi connectivity index (χ0v) is 16.2. The maximum absolute atomic E-state index is 14.1. The third-order valence-corrected chi connectivity index (χ3v) is 5.88. The van der Waals surface area contributed by atoms with E-state index in [-0.39, 0.29) is 18.0 Å². The maximum Gasteiger partial charge on any atom is 0.145 e. The molecule has 0 bridgehead atoms. The minimum absolute atomic E-state index is 0.0726. The minimum Gasteiger partial charge on any atom is -0.486 e. The van der Waals surface area contributed by atoms with Crippen molar-refractivity contribution >= 4 is 22.6 Å². The van der Waals surface area contributed by atoms with E-state index >= 15 is 0 Å². The molecule has 0 spiro atoms. The van der Waals surface area contributed by atoms with Crippen LogP contribution in [0.5, 0.6) is 5.75 Å². The van der Waals surface area contributed by atoms with Crippen LogP contribution in [-0.4, -0.2) is 27.2 Å². The number of allylic oxidation sites excluding steroid dienone is 1. The van der Waals surface area contributed by atoms with Gasteiger partial charge in [-0.15, -0.1) is 0 Å². The molecule has 5 nitrogen and oxygen atoms in total. The number of nitrogens with one attached hydrogen (secondary N) is 1. The highest BCUT2D eigenvalue weighted by Gasteiger charge is 2.26. The molecular weight excluding hydrogens is 379 g/mol. The van der Waals surface area contributed by atoms with Crippen LogP contribution in [-0.2, 0) is 13.0 Å². The van der Waals surface area contributed by atoms with E-state index in [1.165, 1.54) is 12.4 Å². The molecule has 3 aromatic rings. The van der Waals surface area contributed by atoms with Crippen LogP contribution in [0.15, 0.2) is 36.8 Å². The predicted molar refractivity (Wildman–Crippen MR) is 106 cm³/mol. The predicted octanol–water partition coefficient (Wildman–Crippen LogP) is 4.13. The van der Waals surface area contributed by atoms with E-state index in [2.05, 4.69) is 38.2 Å². The Bertz CT molecular complexity index is 1090. The molecule has 5 rings (SSSR count). The number of nitrogens with zero attached hydrogens (tertiary/aromatic N) is 3. The molecule has 0 saturated carbocycles. The van der Waals surface area contributed by atoms with Gasteiger partial charge in [-0.2, -0.15) is 0 Å². The molecule has 2 aliphatic rings. The number of hydrogen-bond donors (Lipinski definition) is 1. The Kier molecular flexibility index (Phi) is 4.33. The molecule has 0 fully saturated rings. The lowest BCUT2D eigenvalue weighted by atomic mass is 9.99. The fraction of sp³-hybridized carbons (Fsp3) is 0.333. The molecule has 1 aliphatic heterocycles. The van der Waals surface area contributed by atoms with Gasteiger partial charge in [-0.25, -0.2) is 14.4 Å². The summed E-state index contributed by atoms with van der Waals surface area (Å²) < 4.78 is 22.5. The molecule has 1 N–H and O–H groups in total. The second-order valence-electron chi connectivity index (χ2n) is 7.36. The molecule has 3 heterocycles. The molecule has 144 valence electrons. The smallest absolute Gasteiger partial charge is 0.145 e. The molecule has 0 amide bonds. The second kappa shape index (κ2) is 6.87. The van der Waals surface area contributed by atoms with Gasteiger partial charge in [0.15, 0.2) is 0 Å². The monoisotopic (exact) mass is 398 g/mol. The maximum atomic E-state index is 14.1. The fourth-order valence-electron chi connectivity index (χ4n) is 4.23. The quantitative estimate of drug-likeness (QED) is 0.532. The van der Waals surface area contributed by atoms with Crippen LogP contribution >= 0.6 is 11.6 Å². The second-order valence-corrected chi connectivity index (χ2v) is 7.71. The third-order valence-electron chi connectivity index (χ3n) is 5.59. The summed E-state index contributed by atoms with van der Waals surface area (Å²) >= 11 is 6.25. The Morgan fingerprint density at radius 3 is 3.04 bits per heavy atom. The molecular formula is C21H20ClFN4O. The first-order valence-corrected chi connectivity index (χ1v) is 9.83. The van der Waals surface area contributed by atoms with Gasteiger partial charge in [-0.05, 0) is 49.2 Å². The standard InChI is InChI=1S/C21H20ClFN4O/c1-12-10-27(21-19(12)20(22)25-11-26-21)13-2-3-14(8-13)28-18-5-4-17(23)15-6-7-24-9-16(15)18/h2-5,10-11,13-14,24H,6-9H2,1H3/t13-,14+/m0/s1. The van der Waals surface area contributed by atoms with E-state index in [1.54, 1.807) is 6.07 Å². The zero-order chi connectivity index (χ0) is 19.3. The van der Waals surface area contributed by atoms with Gasteiger partial charge in [0, 0.05) is 24.7 Å². The molecule has 2 aromatic heterocycles. The summed E-state index contributed by atoms with van der Waals surface area (Å²) in [7, 11) is 0.